The molecular formula is C28H27N5O3. The first-order chi connectivity index (χ1) is 17.6. The number of ether oxygens (including phenoxy) is 2. The highest BCUT2D eigenvalue weighted by Gasteiger charge is 2.24. The normalized spacial score (nSPS) is 11.9. The van der Waals surface area contributed by atoms with E-state index < -0.39 is 0 Å². The van der Waals surface area contributed by atoms with Crippen LogP contribution in [0.15, 0.2) is 73.2 Å². The van der Waals surface area contributed by atoms with Crippen molar-refractivity contribution >= 4 is 33.5 Å². The highest BCUT2D eigenvalue weighted by atomic mass is 16.5. The van der Waals surface area contributed by atoms with Crippen LogP contribution in [-0.4, -0.2) is 48.7 Å². The van der Waals surface area contributed by atoms with Crippen molar-refractivity contribution in [3.63, 3.8) is 0 Å². The maximum atomic E-state index is 13.3. The standard InChI is InChI=1S/C28H27N5O3/c1-29-27-20-12-11-17(13-24(20)32-16-33-27)28(34)31-15-22(19-8-6-10-25(35-2)26(19)36-3)21-14-30-23-9-5-4-7-18(21)23/h4-14,16,22,30H,15H2,1-3H3,(H,31,34)(H,29,32,33). The molecule has 3 N–H and O–H groups in total. The molecule has 8 nitrogen and oxygen atoms in total. The van der Waals surface area contributed by atoms with Crippen LogP contribution in [0.25, 0.3) is 21.8 Å². The number of H-pyrrole nitrogens is 1. The Hall–Kier alpha value is -4.59. The van der Waals surface area contributed by atoms with Gasteiger partial charge in [0.15, 0.2) is 11.5 Å². The number of rotatable bonds is 8. The molecule has 8 heteroatoms. The van der Waals surface area contributed by atoms with Crippen LogP contribution in [-0.2, 0) is 0 Å². The van der Waals surface area contributed by atoms with Crippen molar-refractivity contribution in [1.82, 2.24) is 20.3 Å². The van der Waals surface area contributed by atoms with E-state index in [0.717, 1.165) is 33.2 Å². The average Bonchev–Trinajstić information content (AvgIpc) is 3.36. The van der Waals surface area contributed by atoms with E-state index in [4.69, 9.17) is 9.47 Å². The van der Waals surface area contributed by atoms with Gasteiger partial charge >= 0.3 is 0 Å². The highest BCUT2D eigenvalue weighted by molar-refractivity contribution is 5.99. The van der Waals surface area contributed by atoms with E-state index >= 15 is 0 Å². The van der Waals surface area contributed by atoms with Crippen molar-refractivity contribution in [1.29, 1.82) is 0 Å². The second kappa shape index (κ2) is 9.95. The minimum Gasteiger partial charge on any atom is -0.493 e. The Morgan fingerprint density at radius 1 is 0.972 bits per heavy atom. The predicted molar refractivity (Wildman–Crippen MR) is 141 cm³/mol. The zero-order chi connectivity index (χ0) is 25.1. The lowest BCUT2D eigenvalue weighted by molar-refractivity contribution is 0.0952. The first-order valence-electron chi connectivity index (χ1n) is 11.6. The molecule has 1 amide bonds. The van der Waals surface area contributed by atoms with Crippen LogP contribution in [0.5, 0.6) is 11.5 Å². The summed E-state index contributed by atoms with van der Waals surface area (Å²) in [5.41, 5.74) is 4.23. The zero-order valence-corrected chi connectivity index (χ0v) is 20.3. The summed E-state index contributed by atoms with van der Waals surface area (Å²) in [5, 5.41) is 8.12. The lowest BCUT2D eigenvalue weighted by Gasteiger charge is -2.22. The Bertz CT molecular complexity index is 1550. The first-order valence-corrected chi connectivity index (χ1v) is 11.6. The molecule has 0 aliphatic heterocycles. The van der Waals surface area contributed by atoms with E-state index in [-0.39, 0.29) is 11.8 Å². The lowest BCUT2D eigenvalue weighted by Crippen LogP contribution is -2.29. The fourth-order valence-electron chi connectivity index (χ4n) is 4.65. The highest BCUT2D eigenvalue weighted by Crippen LogP contribution is 2.40. The third-order valence-electron chi connectivity index (χ3n) is 6.41. The summed E-state index contributed by atoms with van der Waals surface area (Å²) >= 11 is 0. The number of aromatic amines is 1. The smallest absolute Gasteiger partial charge is 0.251 e. The maximum Gasteiger partial charge on any atom is 0.251 e. The zero-order valence-electron chi connectivity index (χ0n) is 20.3. The van der Waals surface area contributed by atoms with E-state index in [1.807, 2.05) is 48.7 Å². The van der Waals surface area contributed by atoms with Crippen LogP contribution >= 0.6 is 0 Å². The number of methoxy groups -OCH3 is 2. The van der Waals surface area contributed by atoms with Crippen molar-refractivity contribution in [2.75, 3.05) is 33.1 Å². The number of benzene rings is 3. The van der Waals surface area contributed by atoms with E-state index in [1.165, 1.54) is 6.33 Å². The van der Waals surface area contributed by atoms with Crippen molar-refractivity contribution in [3.05, 3.63) is 89.9 Å². The topological polar surface area (TPSA) is 101 Å². The van der Waals surface area contributed by atoms with Crippen molar-refractivity contribution in [2.24, 2.45) is 0 Å². The van der Waals surface area contributed by atoms with Crippen molar-refractivity contribution in [2.45, 2.75) is 5.92 Å². The number of carbonyl (C=O) groups is 1. The molecule has 2 aromatic heterocycles. The maximum absolute atomic E-state index is 13.3. The number of aromatic nitrogens is 3. The van der Waals surface area contributed by atoms with E-state index in [2.05, 4.69) is 31.7 Å². The predicted octanol–water partition coefficient (Wildman–Crippen LogP) is 4.73. The molecule has 2 heterocycles. The van der Waals surface area contributed by atoms with Crippen LogP contribution in [0.4, 0.5) is 5.82 Å². The second-order valence-corrected chi connectivity index (χ2v) is 8.34. The second-order valence-electron chi connectivity index (χ2n) is 8.34. The molecular weight excluding hydrogens is 454 g/mol. The lowest BCUT2D eigenvalue weighted by atomic mass is 9.89. The van der Waals surface area contributed by atoms with Crippen LogP contribution in [0.3, 0.4) is 0 Å². The van der Waals surface area contributed by atoms with Gasteiger partial charge in [0, 0.05) is 53.1 Å². The van der Waals surface area contributed by atoms with Crippen LogP contribution in [0.2, 0.25) is 0 Å². The quantitative estimate of drug-likeness (QED) is 0.296. The van der Waals surface area contributed by atoms with Crippen molar-refractivity contribution in [3.8, 4) is 11.5 Å². The first kappa shape index (κ1) is 23.2. The van der Waals surface area contributed by atoms with E-state index in [9.17, 15) is 4.79 Å². The molecule has 36 heavy (non-hydrogen) atoms. The summed E-state index contributed by atoms with van der Waals surface area (Å²) in [4.78, 5) is 25.2. The molecule has 0 spiro atoms. The number of hydrogen-bond donors (Lipinski definition) is 3. The van der Waals surface area contributed by atoms with Gasteiger partial charge in [-0.25, -0.2) is 9.97 Å². The van der Waals surface area contributed by atoms with Gasteiger partial charge in [-0.1, -0.05) is 30.3 Å². The minimum atomic E-state index is -0.187. The molecule has 0 fully saturated rings. The molecule has 182 valence electrons. The monoisotopic (exact) mass is 481 g/mol. The Labute approximate surface area is 208 Å². The average molecular weight is 482 g/mol. The molecule has 0 bridgehead atoms. The van der Waals surface area contributed by atoms with E-state index in [1.54, 1.807) is 33.4 Å². The summed E-state index contributed by atoms with van der Waals surface area (Å²) in [6.45, 7) is 0.355. The largest absolute Gasteiger partial charge is 0.493 e. The van der Waals surface area contributed by atoms with Gasteiger partial charge in [0.25, 0.3) is 5.91 Å². The van der Waals surface area contributed by atoms with Crippen LogP contribution < -0.4 is 20.1 Å². The SMILES string of the molecule is CNc1ncnc2cc(C(=O)NCC(c3cccc(OC)c3OC)c3c[nH]c4ccccc34)ccc12. The van der Waals surface area contributed by atoms with Gasteiger partial charge in [0.1, 0.15) is 12.1 Å². The van der Waals surface area contributed by atoms with Crippen molar-refractivity contribution < 1.29 is 14.3 Å². The number of carbonyl (C=O) groups excluding carboxylic acids is 1. The third-order valence-corrected chi connectivity index (χ3v) is 6.41. The number of fused-ring (bicyclic) bond motifs is 2. The molecule has 0 aliphatic rings. The number of nitrogens with one attached hydrogen (secondary N) is 3. The Morgan fingerprint density at radius 2 is 1.83 bits per heavy atom. The van der Waals surface area contributed by atoms with E-state index in [0.29, 0.717) is 29.1 Å². The Morgan fingerprint density at radius 3 is 2.64 bits per heavy atom. The molecule has 1 unspecified atom stereocenters. The molecule has 0 radical (unpaired) electrons. The Balaban J connectivity index is 1.50. The summed E-state index contributed by atoms with van der Waals surface area (Å²) < 4.78 is 11.3. The fourth-order valence-corrected chi connectivity index (χ4v) is 4.65. The van der Waals surface area contributed by atoms with Gasteiger partial charge < -0.3 is 25.1 Å². The number of anilines is 1. The molecule has 3 aromatic carbocycles. The van der Waals surface area contributed by atoms with Gasteiger partial charge in [0.2, 0.25) is 0 Å². The number of para-hydroxylation sites is 2. The van der Waals surface area contributed by atoms with Gasteiger partial charge in [-0.3, -0.25) is 4.79 Å². The Kier molecular flexibility index (Phi) is 6.40. The van der Waals surface area contributed by atoms with Gasteiger partial charge in [-0.05, 0) is 35.9 Å². The molecule has 0 saturated carbocycles. The summed E-state index contributed by atoms with van der Waals surface area (Å²) in [7, 11) is 5.05. The third kappa shape index (κ3) is 4.17. The van der Waals surface area contributed by atoms with Gasteiger partial charge in [0.05, 0.1) is 19.7 Å². The summed E-state index contributed by atoms with van der Waals surface area (Å²) in [6, 6.07) is 19.3. The fraction of sp³-hybridized carbons (Fsp3) is 0.179. The number of nitrogens with zero attached hydrogens (tertiary/aromatic N) is 2. The molecule has 0 aliphatic carbocycles. The molecule has 0 saturated heterocycles. The molecule has 5 aromatic rings. The van der Waals surface area contributed by atoms with Gasteiger partial charge in [-0.15, -0.1) is 0 Å². The molecule has 1 atom stereocenters. The number of amides is 1. The molecule has 5 rings (SSSR count). The number of hydrogen-bond acceptors (Lipinski definition) is 6. The van der Waals surface area contributed by atoms with Crippen LogP contribution in [0.1, 0.15) is 27.4 Å². The summed E-state index contributed by atoms with van der Waals surface area (Å²) in [5.74, 6) is 1.63. The van der Waals surface area contributed by atoms with Gasteiger partial charge in [-0.2, -0.15) is 0 Å². The van der Waals surface area contributed by atoms with Crippen LogP contribution in [0, 0.1) is 0 Å². The summed E-state index contributed by atoms with van der Waals surface area (Å²) in [6.07, 6.45) is 3.48. The minimum absolute atomic E-state index is 0.186.